The van der Waals surface area contributed by atoms with Crippen LogP contribution in [0.15, 0.2) is 102 Å². The molecule has 1 N–H and O–H groups in total. The number of methoxy groups -OCH3 is 2. The highest BCUT2D eigenvalue weighted by Crippen LogP contribution is 2.50. The van der Waals surface area contributed by atoms with Crippen LogP contribution in [0.2, 0.25) is 0 Å². The second-order valence-corrected chi connectivity index (χ2v) is 10.9. The molecule has 3 aliphatic heterocycles. The van der Waals surface area contributed by atoms with E-state index in [4.69, 9.17) is 33.3 Å². The molecule has 3 heterocycles. The zero-order valence-electron chi connectivity index (χ0n) is 24.3. The van der Waals surface area contributed by atoms with Crippen molar-refractivity contribution in [2.75, 3.05) is 20.8 Å². The van der Waals surface area contributed by atoms with Crippen molar-refractivity contribution in [3.8, 4) is 0 Å². The molecule has 0 saturated carbocycles. The number of ether oxygens (including phenoxy) is 6. The van der Waals surface area contributed by atoms with E-state index in [1.165, 1.54) is 14.2 Å². The summed E-state index contributed by atoms with van der Waals surface area (Å²) < 4.78 is 36.1. The predicted octanol–water partition coefficient (Wildman–Crippen LogP) is 3.75. The van der Waals surface area contributed by atoms with Crippen molar-refractivity contribution in [3.63, 3.8) is 0 Å². The lowest BCUT2D eigenvalue weighted by molar-refractivity contribution is -0.227. The number of esters is 2. The lowest BCUT2D eigenvalue weighted by Gasteiger charge is -2.37. The molecule has 6 rings (SSSR count). The molecule has 10 nitrogen and oxygen atoms in total. The fourth-order valence-corrected chi connectivity index (χ4v) is 6.12. The molecule has 0 aliphatic carbocycles. The van der Waals surface area contributed by atoms with Gasteiger partial charge in [-0.05, 0) is 30.5 Å². The van der Waals surface area contributed by atoms with E-state index in [1.807, 2.05) is 91.0 Å². The Morgan fingerprint density at radius 3 is 1.77 bits per heavy atom. The van der Waals surface area contributed by atoms with Gasteiger partial charge in [0.2, 0.25) is 11.5 Å². The highest BCUT2D eigenvalue weighted by atomic mass is 16.8. The standard InChI is InChI=1S/C33H33NO9/c1-31(2)41-26-24(40-33(28(26)42-31)25(29(35)37-3)27(43-34-33)30(36)38-4)20-39-32(21-14-8-5-9-15-21,22-16-10-6-11-17-22)23-18-12-7-13-19-23/h5-19,24,26,28,34H,20H2,1-4H3/t24-,26-,28-,33+/m1/s1. The van der Waals surface area contributed by atoms with Gasteiger partial charge in [0.1, 0.15) is 29.5 Å². The summed E-state index contributed by atoms with van der Waals surface area (Å²) in [7, 11) is 2.38. The number of benzene rings is 3. The summed E-state index contributed by atoms with van der Waals surface area (Å²) in [5, 5.41) is 0. The number of carbonyl (C=O) groups excluding carboxylic acids is 2. The summed E-state index contributed by atoms with van der Waals surface area (Å²) in [5.41, 5.74) is 2.48. The Bertz CT molecular complexity index is 1410. The van der Waals surface area contributed by atoms with Crippen LogP contribution in [0.3, 0.4) is 0 Å². The minimum atomic E-state index is -1.74. The molecule has 3 aromatic carbocycles. The van der Waals surface area contributed by atoms with E-state index >= 15 is 0 Å². The van der Waals surface area contributed by atoms with Gasteiger partial charge in [-0.1, -0.05) is 91.0 Å². The minimum Gasteiger partial charge on any atom is -0.465 e. The van der Waals surface area contributed by atoms with Crippen LogP contribution < -0.4 is 5.48 Å². The monoisotopic (exact) mass is 587 g/mol. The van der Waals surface area contributed by atoms with Crippen molar-refractivity contribution in [2.24, 2.45) is 0 Å². The van der Waals surface area contributed by atoms with Crippen LogP contribution in [0.25, 0.3) is 0 Å². The van der Waals surface area contributed by atoms with E-state index in [1.54, 1.807) is 13.8 Å². The van der Waals surface area contributed by atoms with Crippen LogP contribution >= 0.6 is 0 Å². The van der Waals surface area contributed by atoms with Crippen LogP contribution in [0.4, 0.5) is 0 Å². The van der Waals surface area contributed by atoms with Crippen LogP contribution in [-0.2, 0) is 48.4 Å². The van der Waals surface area contributed by atoms with E-state index in [2.05, 4.69) is 5.48 Å². The third-order valence-corrected chi connectivity index (χ3v) is 7.90. The summed E-state index contributed by atoms with van der Waals surface area (Å²) in [6.45, 7) is 3.53. The summed E-state index contributed by atoms with van der Waals surface area (Å²) in [4.78, 5) is 31.2. The van der Waals surface area contributed by atoms with E-state index in [9.17, 15) is 9.59 Å². The number of nitrogens with one attached hydrogen (secondary N) is 1. The number of rotatable bonds is 8. The molecule has 2 fully saturated rings. The van der Waals surface area contributed by atoms with E-state index in [0.717, 1.165) is 16.7 Å². The second kappa shape index (κ2) is 11.2. The fraction of sp³-hybridized carbons (Fsp3) is 0.333. The Morgan fingerprint density at radius 1 is 0.767 bits per heavy atom. The minimum absolute atomic E-state index is 0.00469. The second-order valence-electron chi connectivity index (χ2n) is 10.9. The zero-order valence-corrected chi connectivity index (χ0v) is 24.3. The summed E-state index contributed by atoms with van der Waals surface area (Å²) in [6, 6.07) is 29.8. The molecule has 3 aliphatic rings. The molecular formula is C33H33NO9. The first-order valence-electron chi connectivity index (χ1n) is 13.9. The SMILES string of the molecule is COC(=O)C1=C(C(=O)OC)[C@]2(NO1)O[C@H](COC(c1ccccc1)(c1ccccc1)c1ccccc1)[C@H]1OC(C)(C)O[C@H]12. The Balaban J connectivity index is 1.44. The summed E-state index contributed by atoms with van der Waals surface area (Å²) in [5.74, 6) is -3.14. The first kappa shape index (κ1) is 29.0. The number of hydroxylamine groups is 1. The van der Waals surface area contributed by atoms with Crippen LogP contribution in [0.5, 0.6) is 0 Å². The first-order valence-corrected chi connectivity index (χ1v) is 13.9. The van der Waals surface area contributed by atoms with Crippen molar-refractivity contribution in [2.45, 2.75) is 49.3 Å². The molecule has 0 aromatic heterocycles. The number of hydrogen-bond acceptors (Lipinski definition) is 10. The van der Waals surface area contributed by atoms with Crippen molar-refractivity contribution < 1.29 is 42.8 Å². The molecular weight excluding hydrogens is 554 g/mol. The quantitative estimate of drug-likeness (QED) is 0.309. The average Bonchev–Trinajstić information content (AvgIpc) is 3.67. The van der Waals surface area contributed by atoms with Gasteiger partial charge >= 0.3 is 11.9 Å². The maximum absolute atomic E-state index is 13.1. The number of hydrogen-bond donors (Lipinski definition) is 1. The first-order chi connectivity index (χ1) is 20.8. The molecule has 43 heavy (non-hydrogen) atoms. The third kappa shape index (κ3) is 4.81. The van der Waals surface area contributed by atoms with Crippen LogP contribution in [-0.4, -0.2) is 62.6 Å². The Morgan fingerprint density at radius 2 is 1.28 bits per heavy atom. The van der Waals surface area contributed by atoms with Gasteiger partial charge in [0, 0.05) is 0 Å². The van der Waals surface area contributed by atoms with Gasteiger partial charge in [-0.15, -0.1) is 5.48 Å². The van der Waals surface area contributed by atoms with E-state index in [0.29, 0.717) is 0 Å². The van der Waals surface area contributed by atoms with Crippen LogP contribution in [0.1, 0.15) is 30.5 Å². The molecule has 3 aromatic rings. The lowest BCUT2D eigenvalue weighted by atomic mass is 9.80. The molecule has 4 atom stereocenters. The Kier molecular flexibility index (Phi) is 7.57. The van der Waals surface area contributed by atoms with Crippen molar-refractivity contribution >= 4 is 11.9 Å². The Labute approximate surface area is 249 Å². The molecule has 0 radical (unpaired) electrons. The average molecular weight is 588 g/mol. The fourth-order valence-electron chi connectivity index (χ4n) is 6.12. The number of fused-ring (bicyclic) bond motifs is 2. The van der Waals surface area contributed by atoms with Gasteiger partial charge in [0.15, 0.2) is 5.79 Å². The highest BCUT2D eigenvalue weighted by Gasteiger charge is 2.70. The number of carbonyl (C=O) groups is 2. The lowest BCUT2D eigenvalue weighted by Crippen LogP contribution is -2.54. The zero-order chi connectivity index (χ0) is 30.2. The molecule has 0 amide bonds. The summed E-state index contributed by atoms with van der Waals surface area (Å²) in [6.07, 6.45) is -2.41. The molecule has 10 heteroatoms. The van der Waals surface area contributed by atoms with Crippen molar-refractivity contribution in [1.29, 1.82) is 0 Å². The van der Waals surface area contributed by atoms with E-state index < -0.39 is 47.4 Å². The maximum Gasteiger partial charge on any atom is 0.376 e. The van der Waals surface area contributed by atoms with Gasteiger partial charge in [-0.25, -0.2) is 9.59 Å². The molecule has 2 saturated heterocycles. The molecule has 0 bridgehead atoms. The van der Waals surface area contributed by atoms with Crippen molar-refractivity contribution in [1.82, 2.24) is 5.48 Å². The van der Waals surface area contributed by atoms with Gasteiger partial charge in [-0.3, -0.25) is 0 Å². The normalized spacial score (nSPS) is 25.8. The highest BCUT2D eigenvalue weighted by molar-refractivity contribution is 6.01. The van der Waals surface area contributed by atoms with Gasteiger partial charge in [0.05, 0.1) is 20.8 Å². The largest absolute Gasteiger partial charge is 0.465 e. The van der Waals surface area contributed by atoms with Crippen LogP contribution in [0, 0.1) is 0 Å². The molecule has 0 unspecified atom stereocenters. The van der Waals surface area contributed by atoms with Gasteiger partial charge < -0.3 is 33.3 Å². The van der Waals surface area contributed by atoms with Crippen molar-refractivity contribution in [3.05, 3.63) is 119 Å². The smallest absolute Gasteiger partial charge is 0.376 e. The van der Waals surface area contributed by atoms with E-state index in [-0.39, 0.29) is 17.9 Å². The Hall–Kier alpha value is -4.06. The molecule has 1 spiro atoms. The van der Waals surface area contributed by atoms with Gasteiger partial charge in [0.25, 0.3) is 0 Å². The maximum atomic E-state index is 13.1. The third-order valence-electron chi connectivity index (χ3n) is 7.90. The van der Waals surface area contributed by atoms with Gasteiger partial charge in [-0.2, -0.15) is 0 Å². The topological polar surface area (TPSA) is 111 Å². The predicted molar refractivity (Wildman–Crippen MR) is 152 cm³/mol. The molecule has 224 valence electrons. The summed E-state index contributed by atoms with van der Waals surface area (Å²) >= 11 is 0.